The second-order valence-electron chi connectivity index (χ2n) is 1.34. The van der Waals surface area contributed by atoms with Crippen LogP contribution in [0.4, 0.5) is 0 Å². The highest BCUT2D eigenvalue weighted by Crippen LogP contribution is 2.00. The van der Waals surface area contributed by atoms with Crippen LogP contribution in [-0.2, 0) is 0 Å². The van der Waals surface area contributed by atoms with Crippen molar-refractivity contribution in [1.29, 1.82) is 0 Å². The summed E-state index contributed by atoms with van der Waals surface area (Å²) < 4.78 is 0. The third kappa shape index (κ3) is 4.10. The first-order chi connectivity index (χ1) is 4.39. The van der Waals surface area contributed by atoms with Crippen LogP contribution in [0, 0.1) is 0 Å². The Labute approximate surface area is 62.3 Å². The van der Waals surface area contributed by atoms with E-state index in [1.165, 1.54) is 0 Å². The van der Waals surface area contributed by atoms with Gasteiger partial charge in [0.15, 0.2) is 0 Å². The molecule has 0 fully saturated rings. The molecule has 50 valence electrons. The second-order valence-corrected chi connectivity index (χ2v) is 1.85. The van der Waals surface area contributed by atoms with Crippen LogP contribution in [0.25, 0.3) is 0 Å². The Morgan fingerprint density at radius 2 is 1.44 bits per heavy atom. The van der Waals surface area contributed by atoms with Gasteiger partial charge in [-0.15, -0.1) is 12.6 Å². The molecule has 0 aliphatic rings. The zero-order chi connectivity index (χ0) is 7.11. The smallest absolute Gasteiger partial charge is 0.00399 e. The van der Waals surface area contributed by atoms with Crippen LogP contribution >= 0.6 is 12.6 Å². The van der Waals surface area contributed by atoms with Gasteiger partial charge in [0, 0.05) is 4.90 Å². The fourth-order valence-corrected chi connectivity index (χ4v) is 0.600. The highest BCUT2D eigenvalue weighted by Gasteiger charge is 1.73. The molecule has 1 aromatic carbocycles. The average molecular weight is 140 g/mol. The van der Waals surface area contributed by atoms with Crippen LogP contribution in [0.2, 0.25) is 0 Å². The monoisotopic (exact) mass is 140 g/mol. The van der Waals surface area contributed by atoms with Crippen LogP contribution < -0.4 is 0 Å². The van der Waals surface area contributed by atoms with E-state index < -0.39 is 0 Å². The topological polar surface area (TPSA) is 0 Å². The van der Waals surface area contributed by atoms with Gasteiger partial charge in [0.1, 0.15) is 0 Å². The first kappa shape index (κ1) is 8.57. The molecule has 1 aromatic rings. The van der Waals surface area contributed by atoms with Gasteiger partial charge in [0.05, 0.1) is 0 Å². The maximum absolute atomic E-state index is 4.08. The molecule has 1 heteroatoms. The molecule has 0 aliphatic carbocycles. The van der Waals surface area contributed by atoms with Gasteiger partial charge in [-0.1, -0.05) is 32.0 Å². The van der Waals surface area contributed by atoms with Gasteiger partial charge in [0.25, 0.3) is 0 Å². The lowest BCUT2D eigenvalue weighted by atomic mass is 10.4. The summed E-state index contributed by atoms with van der Waals surface area (Å²) in [7, 11) is 0. The van der Waals surface area contributed by atoms with Crippen LogP contribution in [0.5, 0.6) is 0 Å². The summed E-state index contributed by atoms with van der Waals surface area (Å²) in [4.78, 5) is 1.02. The quantitative estimate of drug-likeness (QED) is 0.526. The predicted octanol–water partition coefficient (Wildman–Crippen LogP) is 3.00. The summed E-state index contributed by atoms with van der Waals surface area (Å²) in [5.74, 6) is 0. The molecule has 0 radical (unpaired) electrons. The van der Waals surface area contributed by atoms with Crippen molar-refractivity contribution in [2.75, 3.05) is 0 Å². The fraction of sp³-hybridized carbons (Fsp3) is 0.250. The van der Waals surface area contributed by atoms with Gasteiger partial charge in [-0.3, -0.25) is 0 Å². The maximum atomic E-state index is 4.08. The molecule has 0 saturated carbocycles. The van der Waals surface area contributed by atoms with Gasteiger partial charge < -0.3 is 0 Å². The minimum Gasteiger partial charge on any atom is -0.143 e. The number of benzene rings is 1. The van der Waals surface area contributed by atoms with Gasteiger partial charge in [0.2, 0.25) is 0 Å². The largest absolute Gasteiger partial charge is 0.143 e. The summed E-state index contributed by atoms with van der Waals surface area (Å²) in [6.45, 7) is 4.00. The summed E-state index contributed by atoms with van der Waals surface area (Å²) in [5.41, 5.74) is 0. The summed E-state index contributed by atoms with van der Waals surface area (Å²) >= 11 is 4.08. The third-order valence-electron chi connectivity index (χ3n) is 0.756. The van der Waals surface area contributed by atoms with E-state index in [1.54, 1.807) is 0 Å². The number of thiol groups is 1. The summed E-state index contributed by atoms with van der Waals surface area (Å²) in [6.07, 6.45) is 0. The molecule has 1 rings (SSSR count). The molecule has 0 heterocycles. The zero-order valence-corrected chi connectivity index (χ0v) is 6.73. The van der Waals surface area contributed by atoms with Crippen molar-refractivity contribution in [3.05, 3.63) is 30.3 Å². The van der Waals surface area contributed by atoms with Crippen molar-refractivity contribution in [2.24, 2.45) is 0 Å². The molecule has 0 aliphatic heterocycles. The lowest BCUT2D eigenvalue weighted by molar-refractivity contribution is 1.48. The van der Waals surface area contributed by atoms with Crippen LogP contribution in [0.3, 0.4) is 0 Å². The van der Waals surface area contributed by atoms with E-state index in [9.17, 15) is 0 Å². The first-order valence-electron chi connectivity index (χ1n) is 3.13. The van der Waals surface area contributed by atoms with Crippen molar-refractivity contribution in [2.45, 2.75) is 18.7 Å². The van der Waals surface area contributed by atoms with E-state index in [0.717, 1.165) is 4.90 Å². The van der Waals surface area contributed by atoms with E-state index in [4.69, 9.17) is 0 Å². The zero-order valence-electron chi connectivity index (χ0n) is 5.83. The molecule has 0 amide bonds. The van der Waals surface area contributed by atoms with Crippen LogP contribution in [0.1, 0.15) is 13.8 Å². The van der Waals surface area contributed by atoms with Gasteiger partial charge in [-0.25, -0.2) is 0 Å². The molecule has 0 spiro atoms. The molecular formula is C8H12S. The summed E-state index contributed by atoms with van der Waals surface area (Å²) in [5, 5.41) is 0. The number of rotatable bonds is 0. The summed E-state index contributed by atoms with van der Waals surface area (Å²) in [6, 6.07) is 9.79. The molecule has 0 aromatic heterocycles. The van der Waals surface area contributed by atoms with E-state index in [2.05, 4.69) is 12.6 Å². The van der Waals surface area contributed by atoms with Crippen molar-refractivity contribution in [3.63, 3.8) is 0 Å². The molecule has 9 heavy (non-hydrogen) atoms. The Hall–Kier alpha value is -0.430. The Bertz CT molecular complexity index is 134. The normalized spacial score (nSPS) is 7.44. The third-order valence-corrected chi connectivity index (χ3v) is 1.05. The second kappa shape index (κ2) is 5.70. The molecule has 0 bridgehead atoms. The molecular weight excluding hydrogens is 128 g/mol. The number of hydrogen-bond acceptors (Lipinski definition) is 1. The van der Waals surface area contributed by atoms with Gasteiger partial charge in [-0.05, 0) is 12.1 Å². The Balaban J connectivity index is 0.000000291. The highest BCUT2D eigenvalue weighted by molar-refractivity contribution is 7.80. The van der Waals surface area contributed by atoms with E-state index in [1.807, 2.05) is 44.2 Å². The number of hydrogen-bond donors (Lipinski definition) is 1. The van der Waals surface area contributed by atoms with E-state index in [-0.39, 0.29) is 0 Å². The Morgan fingerprint density at radius 1 is 1.00 bits per heavy atom. The van der Waals surface area contributed by atoms with Crippen molar-refractivity contribution < 1.29 is 0 Å². The Kier molecular flexibility index (Phi) is 5.43. The minimum atomic E-state index is 1.02. The highest BCUT2D eigenvalue weighted by atomic mass is 32.1. The SMILES string of the molecule is CC.Sc1ccccc1. The molecule has 0 unspecified atom stereocenters. The van der Waals surface area contributed by atoms with E-state index >= 15 is 0 Å². The molecule has 0 atom stereocenters. The van der Waals surface area contributed by atoms with Crippen molar-refractivity contribution in [1.82, 2.24) is 0 Å². The molecule has 0 N–H and O–H groups in total. The maximum Gasteiger partial charge on any atom is 0.00399 e. The van der Waals surface area contributed by atoms with Crippen molar-refractivity contribution in [3.8, 4) is 0 Å². The van der Waals surface area contributed by atoms with Crippen LogP contribution in [0.15, 0.2) is 35.2 Å². The first-order valence-corrected chi connectivity index (χ1v) is 3.58. The molecule has 0 saturated heterocycles. The Morgan fingerprint density at radius 3 is 1.67 bits per heavy atom. The lowest BCUT2D eigenvalue weighted by Crippen LogP contribution is -1.56. The molecule has 0 nitrogen and oxygen atoms in total. The van der Waals surface area contributed by atoms with Gasteiger partial charge in [-0.2, -0.15) is 0 Å². The minimum absolute atomic E-state index is 1.02. The van der Waals surface area contributed by atoms with Crippen LogP contribution in [-0.4, -0.2) is 0 Å². The van der Waals surface area contributed by atoms with Gasteiger partial charge >= 0.3 is 0 Å². The fourth-order valence-electron chi connectivity index (χ4n) is 0.428. The lowest BCUT2D eigenvalue weighted by Gasteiger charge is -1.81. The predicted molar refractivity (Wildman–Crippen MR) is 45.0 cm³/mol. The standard InChI is InChI=1S/C6H6S.C2H6/c7-6-4-2-1-3-5-6;1-2/h1-5,7H;1-2H3. The van der Waals surface area contributed by atoms with Crippen molar-refractivity contribution >= 4 is 12.6 Å². The average Bonchev–Trinajstić information content (AvgIpc) is 1.94. The van der Waals surface area contributed by atoms with E-state index in [0.29, 0.717) is 0 Å².